The fourth-order valence-electron chi connectivity index (χ4n) is 5.04. The molecule has 4 rings (SSSR count). The summed E-state index contributed by atoms with van der Waals surface area (Å²) in [6.45, 7) is 4.25. The zero-order valence-corrected chi connectivity index (χ0v) is 19.7. The van der Waals surface area contributed by atoms with Crippen LogP contribution in [0.25, 0.3) is 11.4 Å². The Bertz CT molecular complexity index is 960. The topological polar surface area (TPSA) is 59.4 Å². The molecular formula is C25H33F3N4O2. The molecule has 1 aromatic heterocycles. The average Bonchev–Trinajstić information content (AvgIpc) is 3.15. The van der Waals surface area contributed by atoms with Crippen molar-refractivity contribution in [2.24, 2.45) is 5.92 Å². The third-order valence-electron chi connectivity index (χ3n) is 6.88. The van der Waals surface area contributed by atoms with E-state index < -0.39 is 6.36 Å². The van der Waals surface area contributed by atoms with Crippen LogP contribution in [0.1, 0.15) is 74.0 Å². The van der Waals surface area contributed by atoms with Crippen molar-refractivity contribution in [2.45, 2.75) is 77.6 Å². The lowest BCUT2D eigenvalue weighted by atomic mass is 9.87. The van der Waals surface area contributed by atoms with Crippen LogP contribution in [0.4, 0.5) is 13.2 Å². The summed E-state index contributed by atoms with van der Waals surface area (Å²) in [5.41, 5.74) is 4.77. The number of hydrogen-bond donors (Lipinski definition) is 1. The largest absolute Gasteiger partial charge is 0.573 e. The van der Waals surface area contributed by atoms with Crippen LogP contribution in [0.15, 0.2) is 24.3 Å². The molecule has 0 unspecified atom stereocenters. The van der Waals surface area contributed by atoms with Crippen LogP contribution < -0.4 is 10.2 Å². The molecule has 0 radical (unpaired) electrons. The third kappa shape index (κ3) is 6.31. The average molecular weight is 479 g/mol. The van der Waals surface area contributed by atoms with Gasteiger partial charge in [-0.25, -0.2) is 9.99 Å². The Morgan fingerprint density at radius 1 is 1.06 bits per heavy atom. The predicted octanol–water partition coefficient (Wildman–Crippen LogP) is 5.86. The van der Waals surface area contributed by atoms with E-state index in [-0.39, 0.29) is 11.7 Å². The maximum absolute atomic E-state index is 13.1. The third-order valence-corrected chi connectivity index (χ3v) is 6.88. The van der Waals surface area contributed by atoms with Crippen LogP contribution in [-0.2, 0) is 6.54 Å². The van der Waals surface area contributed by atoms with E-state index in [4.69, 9.17) is 0 Å². The molecule has 2 aromatic rings. The van der Waals surface area contributed by atoms with Gasteiger partial charge in [-0.1, -0.05) is 38.5 Å². The van der Waals surface area contributed by atoms with Crippen LogP contribution in [0.2, 0.25) is 0 Å². The number of halogens is 3. The standard InChI is InChI=1S/C25H33F3N4O2/c1-18-22(24(33)30-31-15-6-3-7-16-31)29-23(32(18)17-14-19-8-4-2-5-9-19)20-10-12-21(13-11-20)34-25(26,27)28/h10-13,19H,2-9,14-17H2,1H3,(H,30,33). The van der Waals surface area contributed by atoms with Gasteiger partial charge in [-0.2, -0.15) is 0 Å². The van der Waals surface area contributed by atoms with Crippen molar-refractivity contribution in [2.75, 3.05) is 13.1 Å². The molecule has 34 heavy (non-hydrogen) atoms. The zero-order valence-electron chi connectivity index (χ0n) is 19.7. The SMILES string of the molecule is Cc1c(C(=O)NN2CCCCC2)nc(-c2ccc(OC(F)(F)F)cc2)n1CCC1CCCCC1. The highest BCUT2D eigenvalue weighted by Crippen LogP contribution is 2.30. The van der Waals surface area contributed by atoms with Gasteiger partial charge in [0, 0.05) is 30.9 Å². The normalized spacial score (nSPS) is 18.1. The molecule has 2 aliphatic rings. The van der Waals surface area contributed by atoms with Crippen molar-refractivity contribution in [1.29, 1.82) is 0 Å². The van der Waals surface area contributed by atoms with Crippen molar-refractivity contribution in [3.63, 3.8) is 0 Å². The maximum atomic E-state index is 13.1. The van der Waals surface area contributed by atoms with Gasteiger partial charge >= 0.3 is 6.36 Å². The molecule has 1 aromatic carbocycles. The second kappa shape index (κ2) is 10.8. The first kappa shape index (κ1) is 24.6. The van der Waals surface area contributed by atoms with Gasteiger partial charge in [-0.05, 0) is 56.4 Å². The molecule has 0 atom stereocenters. The fourth-order valence-corrected chi connectivity index (χ4v) is 5.04. The number of hydrazine groups is 1. The number of nitrogens with zero attached hydrogens (tertiary/aromatic N) is 3. The summed E-state index contributed by atoms with van der Waals surface area (Å²) < 4.78 is 43.7. The first-order valence-corrected chi connectivity index (χ1v) is 12.3. The highest BCUT2D eigenvalue weighted by atomic mass is 19.4. The predicted molar refractivity (Wildman–Crippen MR) is 123 cm³/mol. The Kier molecular flexibility index (Phi) is 7.80. The molecule has 1 aliphatic heterocycles. The van der Waals surface area contributed by atoms with Gasteiger partial charge in [0.15, 0.2) is 5.69 Å². The second-order valence-electron chi connectivity index (χ2n) is 9.37. The lowest BCUT2D eigenvalue weighted by Gasteiger charge is -2.26. The number of aromatic nitrogens is 2. The van der Waals surface area contributed by atoms with Gasteiger partial charge in [0.2, 0.25) is 0 Å². The number of carbonyl (C=O) groups excluding carboxylic acids is 1. The van der Waals surface area contributed by atoms with Crippen LogP contribution in [0, 0.1) is 12.8 Å². The summed E-state index contributed by atoms with van der Waals surface area (Å²) in [6, 6.07) is 5.69. The van der Waals surface area contributed by atoms with Gasteiger partial charge in [-0.3, -0.25) is 10.2 Å². The van der Waals surface area contributed by atoms with Gasteiger partial charge in [0.25, 0.3) is 5.91 Å². The monoisotopic (exact) mass is 478 g/mol. The Morgan fingerprint density at radius 3 is 2.35 bits per heavy atom. The van der Waals surface area contributed by atoms with E-state index in [0.29, 0.717) is 23.0 Å². The molecule has 186 valence electrons. The highest BCUT2D eigenvalue weighted by molar-refractivity contribution is 5.93. The minimum Gasteiger partial charge on any atom is -0.406 e. The molecule has 1 aliphatic carbocycles. The van der Waals surface area contributed by atoms with E-state index in [9.17, 15) is 18.0 Å². The maximum Gasteiger partial charge on any atom is 0.573 e. The molecule has 1 N–H and O–H groups in total. The number of benzene rings is 1. The number of alkyl halides is 3. The van der Waals surface area contributed by atoms with Gasteiger partial charge < -0.3 is 9.30 Å². The smallest absolute Gasteiger partial charge is 0.406 e. The molecule has 0 bridgehead atoms. The highest BCUT2D eigenvalue weighted by Gasteiger charge is 2.31. The van der Waals surface area contributed by atoms with Crippen molar-refractivity contribution in [3.05, 3.63) is 35.7 Å². The van der Waals surface area contributed by atoms with E-state index in [1.807, 2.05) is 16.5 Å². The van der Waals surface area contributed by atoms with Crippen LogP contribution >= 0.6 is 0 Å². The Morgan fingerprint density at radius 2 is 1.71 bits per heavy atom. The molecule has 6 nitrogen and oxygen atoms in total. The molecule has 1 saturated heterocycles. The van der Waals surface area contributed by atoms with E-state index in [1.54, 1.807) is 12.1 Å². The van der Waals surface area contributed by atoms with Crippen molar-refractivity contribution in [3.8, 4) is 17.1 Å². The number of ether oxygens (including phenoxy) is 1. The minimum atomic E-state index is -4.74. The van der Waals surface area contributed by atoms with Crippen molar-refractivity contribution in [1.82, 2.24) is 20.0 Å². The van der Waals surface area contributed by atoms with Gasteiger partial charge in [0.1, 0.15) is 11.6 Å². The number of rotatable bonds is 7. The number of nitrogens with one attached hydrogen (secondary N) is 1. The van der Waals surface area contributed by atoms with Gasteiger partial charge in [-0.15, -0.1) is 13.2 Å². The summed E-state index contributed by atoms with van der Waals surface area (Å²) >= 11 is 0. The number of hydrogen-bond acceptors (Lipinski definition) is 4. The quantitative estimate of drug-likeness (QED) is 0.542. The Hall–Kier alpha value is -2.55. The molecule has 2 heterocycles. The number of imidazole rings is 1. The molecular weight excluding hydrogens is 445 g/mol. The molecule has 1 saturated carbocycles. The summed E-state index contributed by atoms with van der Waals surface area (Å²) in [4.78, 5) is 17.7. The van der Waals surface area contributed by atoms with E-state index in [2.05, 4.69) is 15.1 Å². The van der Waals surface area contributed by atoms with E-state index >= 15 is 0 Å². The fraction of sp³-hybridized carbons (Fsp3) is 0.600. The van der Waals surface area contributed by atoms with Crippen molar-refractivity contribution >= 4 is 5.91 Å². The number of carbonyl (C=O) groups is 1. The second-order valence-corrected chi connectivity index (χ2v) is 9.37. The molecule has 9 heteroatoms. The summed E-state index contributed by atoms with van der Waals surface area (Å²) in [5, 5.41) is 1.94. The first-order chi connectivity index (χ1) is 16.3. The summed E-state index contributed by atoms with van der Waals surface area (Å²) in [7, 11) is 0. The minimum absolute atomic E-state index is 0.242. The lowest BCUT2D eigenvalue weighted by molar-refractivity contribution is -0.274. The molecule has 0 spiro atoms. The van der Waals surface area contributed by atoms with E-state index in [1.165, 1.54) is 50.7 Å². The van der Waals surface area contributed by atoms with Crippen molar-refractivity contribution < 1.29 is 22.7 Å². The Balaban J connectivity index is 1.58. The van der Waals surface area contributed by atoms with E-state index in [0.717, 1.165) is 44.6 Å². The van der Waals surface area contributed by atoms with Crippen LogP contribution in [-0.4, -0.2) is 39.9 Å². The van der Waals surface area contributed by atoms with Crippen LogP contribution in [0.5, 0.6) is 5.75 Å². The Labute approximate surface area is 198 Å². The number of amides is 1. The number of piperidine rings is 1. The zero-order chi connectivity index (χ0) is 24.1. The van der Waals surface area contributed by atoms with Gasteiger partial charge in [0.05, 0.1) is 0 Å². The summed E-state index contributed by atoms with van der Waals surface area (Å²) in [6.07, 6.45) is 5.75. The lowest BCUT2D eigenvalue weighted by Crippen LogP contribution is -2.45. The molecule has 1 amide bonds. The summed E-state index contributed by atoms with van der Waals surface area (Å²) in [5.74, 6) is 0.720. The van der Waals surface area contributed by atoms with Crippen LogP contribution in [0.3, 0.4) is 0 Å². The molecule has 2 fully saturated rings. The first-order valence-electron chi connectivity index (χ1n) is 12.3.